The fraction of sp³-hybridized carbons (Fsp3) is 0.353. The van der Waals surface area contributed by atoms with Gasteiger partial charge in [0.25, 0.3) is 0 Å². The summed E-state index contributed by atoms with van der Waals surface area (Å²) in [6.07, 6.45) is 2.40. The predicted octanol–water partition coefficient (Wildman–Crippen LogP) is 4.90. The van der Waals surface area contributed by atoms with Crippen molar-refractivity contribution in [3.05, 3.63) is 51.7 Å². The number of benzene rings is 1. The minimum absolute atomic E-state index is 0.441. The average Bonchev–Trinajstić information content (AvgIpc) is 3.08. The Bertz CT molecular complexity index is 614. The maximum atomic E-state index is 5.65. The number of hydrogen-bond donors (Lipinski definition) is 1. The highest BCUT2D eigenvalue weighted by molar-refractivity contribution is 7.80. The molecule has 0 radical (unpaired) electrons. The van der Waals surface area contributed by atoms with Crippen molar-refractivity contribution < 1.29 is 0 Å². The van der Waals surface area contributed by atoms with Crippen molar-refractivity contribution in [1.82, 2.24) is 4.90 Å². The summed E-state index contributed by atoms with van der Waals surface area (Å²) >= 11 is 7.48. The summed E-state index contributed by atoms with van der Waals surface area (Å²) in [5.41, 5.74) is 3.61. The molecule has 0 bridgehead atoms. The van der Waals surface area contributed by atoms with Crippen LogP contribution >= 0.6 is 23.6 Å². The van der Waals surface area contributed by atoms with Crippen LogP contribution in [-0.2, 0) is 0 Å². The number of thiocarbonyl (C=S) groups is 1. The van der Waals surface area contributed by atoms with Crippen LogP contribution in [0.2, 0.25) is 0 Å². The summed E-state index contributed by atoms with van der Waals surface area (Å²) in [4.78, 5) is 3.75. The average molecular weight is 316 g/mol. The third-order valence-electron chi connectivity index (χ3n) is 3.86. The van der Waals surface area contributed by atoms with E-state index in [0.717, 1.165) is 17.3 Å². The van der Waals surface area contributed by atoms with E-state index < -0.39 is 0 Å². The summed E-state index contributed by atoms with van der Waals surface area (Å²) in [6.45, 7) is 5.27. The predicted molar refractivity (Wildman–Crippen MR) is 95.1 cm³/mol. The van der Waals surface area contributed by atoms with Gasteiger partial charge in [0.15, 0.2) is 5.11 Å². The van der Waals surface area contributed by atoms with E-state index in [0.29, 0.717) is 6.04 Å². The Labute approximate surface area is 135 Å². The molecule has 1 N–H and O–H groups in total. The van der Waals surface area contributed by atoms with Gasteiger partial charge in [0.2, 0.25) is 0 Å². The van der Waals surface area contributed by atoms with Crippen LogP contribution in [0.15, 0.2) is 35.7 Å². The number of likely N-dealkylation sites (tertiary alicyclic amines) is 1. The van der Waals surface area contributed by atoms with Gasteiger partial charge in [0, 0.05) is 17.1 Å². The van der Waals surface area contributed by atoms with Gasteiger partial charge >= 0.3 is 0 Å². The molecule has 0 saturated carbocycles. The molecule has 21 heavy (non-hydrogen) atoms. The van der Waals surface area contributed by atoms with Crippen LogP contribution in [0.4, 0.5) is 5.69 Å². The van der Waals surface area contributed by atoms with Gasteiger partial charge in [0.1, 0.15) is 0 Å². The normalized spacial score (nSPS) is 18.0. The van der Waals surface area contributed by atoms with Crippen molar-refractivity contribution in [2.75, 3.05) is 11.9 Å². The molecule has 2 nitrogen and oxygen atoms in total. The molecule has 1 saturated heterocycles. The number of nitrogens with zero attached hydrogens (tertiary/aromatic N) is 1. The molecule has 1 aliphatic heterocycles. The minimum atomic E-state index is 0.441. The van der Waals surface area contributed by atoms with Crippen molar-refractivity contribution >= 4 is 34.4 Å². The highest BCUT2D eigenvalue weighted by atomic mass is 32.1. The maximum absolute atomic E-state index is 5.65. The number of hydrogen-bond acceptors (Lipinski definition) is 2. The smallest absolute Gasteiger partial charge is 0.173 e. The Morgan fingerprint density at radius 2 is 2.05 bits per heavy atom. The monoisotopic (exact) mass is 316 g/mol. The lowest BCUT2D eigenvalue weighted by atomic mass is 10.1. The van der Waals surface area contributed by atoms with E-state index in [1.807, 2.05) is 11.3 Å². The summed E-state index contributed by atoms with van der Waals surface area (Å²) in [7, 11) is 0. The fourth-order valence-corrected chi connectivity index (χ4v) is 4.24. The van der Waals surface area contributed by atoms with Gasteiger partial charge in [-0.1, -0.05) is 12.1 Å². The van der Waals surface area contributed by atoms with Gasteiger partial charge in [0.05, 0.1) is 6.04 Å². The standard InChI is InChI=1S/C17H20N2S2/c1-12-9-13(2)11-14(10-12)18-17(20)19-7-3-5-15(19)16-6-4-8-21-16/h4,6,8-11,15H,3,5,7H2,1-2H3,(H,18,20)/t15-/m0/s1. The molecule has 1 aromatic heterocycles. The maximum Gasteiger partial charge on any atom is 0.173 e. The second kappa shape index (κ2) is 6.16. The number of aryl methyl sites for hydroxylation is 2. The molecule has 0 aliphatic carbocycles. The third-order valence-corrected chi connectivity index (χ3v) is 5.17. The molecule has 4 heteroatoms. The summed E-state index contributed by atoms with van der Waals surface area (Å²) in [5, 5.41) is 6.41. The summed E-state index contributed by atoms with van der Waals surface area (Å²) < 4.78 is 0. The van der Waals surface area contributed by atoms with Crippen LogP contribution in [0.5, 0.6) is 0 Å². The second-order valence-electron chi connectivity index (χ2n) is 5.67. The largest absolute Gasteiger partial charge is 0.341 e. The van der Waals surface area contributed by atoms with Crippen molar-refractivity contribution in [3.8, 4) is 0 Å². The molecule has 1 atom stereocenters. The van der Waals surface area contributed by atoms with Crippen molar-refractivity contribution in [1.29, 1.82) is 0 Å². The third kappa shape index (κ3) is 3.27. The zero-order valence-corrected chi connectivity index (χ0v) is 14.1. The molecule has 0 amide bonds. The zero-order valence-electron chi connectivity index (χ0n) is 12.4. The Hall–Kier alpha value is -1.39. The fourth-order valence-electron chi connectivity index (χ4n) is 3.03. The van der Waals surface area contributed by atoms with Crippen LogP contribution in [0.3, 0.4) is 0 Å². The minimum Gasteiger partial charge on any atom is -0.341 e. The highest BCUT2D eigenvalue weighted by Crippen LogP contribution is 2.34. The number of nitrogens with one attached hydrogen (secondary N) is 1. The molecular weight excluding hydrogens is 296 g/mol. The molecule has 1 fully saturated rings. The lowest BCUT2D eigenvalue weighted by molar-refractivity contribution is 0.412. The van der Waals surface area contributed by atoms with Gasteiger partial charge in [-0.2, -0.15) is 0 Å². The van der Waals surface area contributed by atoms with E-state index in [9.17, 15) is 0 Å². The first-order valence-corrected chi connectivity index (χ1v) is 8.61. The lowest BCUT2D eigenvalue weighted by Crippen LogP contribution is -2.33. The van der Waals surface area contributed by atoms with Crippen LogP contribution in [0.25, 0.3) is 0 Å². The summed E-state index contributed by atoms with van der Waals surface area (Å²) in [6, 6.07) is 11.3. The van der Waals surface area contributed by atoms with Crippen LogP contribution in [-0.4, -0.2) is 16.6 Å². The molecule has 0 spiro atoms. The van der Waals surface area contributed by atoms with Gasteiger partial charge in [-0.3, -0.25) is 0 Å². The van der Waals surface area contributed by atoms with E-state index in [-0.39, 0.29) is 0 Å². The van der Waals surface area contributed by atoms with Crippen LogP contribution < -0.4 is 5.32 Å². The molecule has 2 heterocycles. The molecule has 1 aromatic carbocycles. The molecule has 2 aromatic rings. The molecule has 110 valence electrons. The quantitative estimate of drug-likeness (QED) is 0.793. The van der Waals surface area contributed by atoms with E-state index in [4.69, 9.17) is 12.2 Å². The SMILES string of the molecule is Cc1cc(C)cc(NC(=S)N2CCC[C@H]2c2cccs2)c1. The Balaban J connectivity index is 1.75. The van der Waals surface area contributed by atoms with Gasteiger partial charge < -0.3 is 10.2 Å². The second-order valence-corrected chi connectivity index (χ2v) is 7.04. The molecule has 1 aliphatic rings. The number of anilines is 1. The first kappa shape index (κ1) is 14.5. The molecular formula is C17H20N2S2. The Morgan fingerprint density at radius 3 is 2.71 bits per heavy atom. The number of thiophene rings is 1. The van der Waals surface area contributed by atoms with Gasteiger partial charge in [-0.25, -0.2) is 0 Å². The first-order valence-electron chi connectivity index (χ1n) is 7.33. The summed E-state index contributed by atoms with van der Waals surface area (Å²) in [5.74, 6) is 0. The molecule has 0 unspecified atom stereocenters. The number of rotatable bonds is 2. The van der Waals surface area contributed by atoms with E-state index in [1.54, 1.807) is 0 Å². The molecule has 3 rings (SSSR count). The topological polar surface area (TPSA) is 15.3 Å². The first-order chi connectivity index (χ1) is 10.1. The zero-order chi connectivity index (χ0) is 14.8. The Kier molecular flexibility index (Phi) is 4.27. The van der Waals surface area contributed by atoms with Crippen LogP contribution in [0.1, 0.15) is 34.9 Å². The van der Waals surface area contributed by atoms with Gasteiger partial charge in [-0.15, -0.1) is 11.3 Å². The van der Waals surface area contributed by atoms with Crippen LogP contribution in [0, 0.1) is 13.8 Å². The Morgan fingerprint density at radius 1 is 1.29 bits per heavy atom. The van der Waals surface area contributed by atoms with E-state index in [2.05, 4.69) is 59.8 Å². The van der Waals surface area contributed by atoms with Crippen molar-refractivity contribution in [2.45, 2.75) is 32.7 Å². The van der Waals surface area contributed by atoms with Crippen molar-refractivity contribution in [2.24, 2.45) is 0 Å². The van der Waals surface area contributed by atoms with Gasteiger partial charge in [-0.05, 0) is 73.6 Å². The highest BCUT2D eigenvalue weighted by Gasteiger charge is 2.28. The van der Waals surface area contributed by atoms with Crippen molar-refractivity contribution in [3.63, 3.8) is 0 Å². The lowest BCUT2D eigenvalue weighted by Gasteiger charge is -2.27. The van der Waals surface area contributed by atoms with E-state index >= 15 is 0 Å². The van der Waals surface area contributed by atoms with E-state index in [1.165, 1.54) is 28.8 Å².